The number of nitrogens with zero attached hydrogens (tertiary/aromatic N) is 7. The smallest absolute Gasteiger partial charge is 0.253 e. The molecule has 1 saturated heterocycles. The third kappa shape index (κ3) is 4.90. The van der Waals surface area contributed by atoms with Gasteiger partial charge in [-0.2, -0.15) is 0 Å². The summed E-state index contributed by atoms with van der Waals surface area (Å²) in [5.41, 5.74) is 4.56. The molecule has 0 N–H and O–H groups in total. The van der Waals surface area contributed by atoms with Crippen LogP contribution in [0.5, 0.6) is 0 Å². The summed E-state index contributed by atoms with van der Waals surface area (Å²) in [7, 11) is 0. The fourth-order valence-electron chi connectivity index (χ4n) is 4.69. The minimum atomic E-state index is 0.0193. The van der Waals surface area contributed by atoms with Gasteiger partial charge in [0.25, 0.3) is 5.91 Å². The van der Waals surface area contributed by atoms with Crippen molar-refractivity contribution in [1.29, 1.82) is 0 Å². The second-order valence-electron chi connectivity index (χ2n) is 9.18. The van der Waals surface area contributed by atoms with Gasteiger partial charge in [-0.1, -0.05) is 77.5 Å². The lowest BCUT2D eigenvalue weighted by Gasteiger charge is -2.31. The van der Waals surface area contributed by atoms with Crippen molar-refractivity contribution >= 4 is 17.5 Å². The van der Waals surface area contributed by atoms with Crippen LogP contribution in [0.25, 0.3) is 34.0 Å². The topological polar surface area (TPSA) is 89.7 Å². The Morgan fingerprint density at radius 3 is 2.05 bits per heavy atom. The lowest BCUT2D eigenvalue weighted by molar-refractivity contribution is 0.0689. The van der Waals surface area contributed by atoms with Gasteiger partial charge >= 0.3 is 0 Å². The zero-order chi connectivity index (χ0) is 25.9. The Morgan fingerprint density at radius 1 is 0.763 bits per heavy atom. The van der Waals surface area contributed by atoms with Crippen molar-refractivity contribution in [1.82, 2.24) is 35.1 Å². The lowest BCUT2D eigenvalue weighted by atomic mass is 10.0. The number of carbonyl (C=O) groups is 1. The normalized spacial score (nSPS) is 14.0. The van der Waals surface area contributed by atoms with E-state index in [1.54, 1.807) is 24.3 Å². The van der Waals surface area contributed by atoms with E-state index in [9.17, 15) is 4.79 Å². The van der Waals surface area contributed by atoms with Crippen LogP contribution in [-0.2, 0) is 0 Å². The van der Waals surface area contributed by atoms with E-state index in [2.05, 4.69) is 20.5 Å². The molecule has 0 spiro atoms. The maximum absolute atomic E-state index is 12.8. The highest BCUT2D eigenvalue weighted by molar-refractivity contribution is 6.30. The molecule has 9 heteroatoms. The number of halogens is 1. The number of amides is 1. The van der Waals surface area contributed by atoms with Crippen LogP contribution in [0.2, 0.25) is 5.02 Å². The molecule has 3 aromatic carbocycles. The molecule has 1 amide bonds. The predicted molar refractivity (Wildman–Crippen MR) is 145 cm³/mol. The van der Waals surface area contributed by atoms with Crippen molar-refractivity contribution in [2.75, 3.05) is 13.1 Å². The van der Waals surface area contributed by atoms with E-state index < -0.39 is 0 Å². The summed E-state index contributed by atoms with van der Waals surface area (Å²) in [6.07, 6.45) is 3.43. The summed E-state index contributed by atoms with van der Waals surface area (Å²) >= 11 is 5.96. The second-order valence-corrected chi connectivity index (χ2v) is 9.62. The van der Waals surface area contributed by atoms with E-state index in [1.807, 2.05) is 76.4 Å². The van der Waals surface area contributed by atoms with Crippen molar-refractivity contribution < 1.29 is 4.79 Å². The molecule has 1 aliphatic heterocycles. The first-order valence-corrected chi connectivity index (χ1v) is 12.9. The summed E-state index contributed by atoms with van der Waals surface area (Å²) in [6, 6.07) is 27.0. The van der Waals surface area contributed by atoms with Gasteiger partial charge in [0.05, 0.1) is 12.2 Å². The highest BCUT2D eigenvalue weighted by atomic mass is 35.5. The summed E-state index contributed by atoms with van der Waals surface area (Å²) in [6.45, 7) is 1.28. The van der Waals surface area contributed by atoms with Crippen LogP contribution in [0.4, 0.5) is 0 Å². The molecular formula is C29H24ClN7O. The number of carbonyl (C=O) groups excluding carboxylic acids is 1. The van der Waals surface area contributed by atoms with E-state index >= 15 is 0 Å². The molecule has 0 radical (unpaired) electrons. The zero-order valence-corrected chi connectivity index (χ0v) is 21.2. The predicted octanol–water partition coefficient (Wildman–Crippen LogP) is 5.59. The minimum absolute atomic E-state index is 0.0193. The minimum Gasteiger partial charge on any atom is -0.338 e. The lowest BCUT2D eigenvalue weighted by Crippen LogP contribution is -2.39. The Morgan fingerprint density at radius 2 is 1.39 bits per heavy atom. The van der Waals surface area contributed by atoms with Gasteiger partial charge in [-0.15, -0.1) is 15.3 Å². The molecule has 0 saturated carbocycles. The Hall–Kier alpha value is -4.43. The Kier molecular flexibility index (Phi) is 6.62. The molecule has 0 atom stereocenters. The van der Waals surface area contributed by atoms with Crippen LogP contribution in [0.3, 0.4) is 0 Å². The van der Waals surface area contributed by atoms with Gasteiger partial charge in [-0.25, -0.2) is 9.67 Å². The molecule has 0 aliphatic carbocycles. The van der Waals surface area contributed by atoms with Crippen molar-refractivity contribution in [3.63, 3.8) is 0 Å². The molecule has 0 unspecified atom stereocenters. The third-order valence-electron chi connectivity index (χ3n) is 6.74. The fraction of sp³-hybridized carbons (Fsp3) is 0.172. The third-order valence-corrected chi connectivity index (χ3v) is 6.99. The summed E-state index contributed by atoms with van der Waals surface area (Å²) in [5, 5.41) is 18.3. The van der Waals surface area contributed by atoms with Crippen LogP contribution in [0.1, 0.15) is 29.2 Å². The van der Waals surface area contributed by atoms with Crippen LogP contribution in [0, 0.1) is 0 Å². The number of aromatic nitrogens is 6. The van der Waals surface area contributed by atoms with E-state index in [0.29, 0.717) is 40.9 Å². The largest absolute Gasteiger partial charge is 0.338 e. The average Bonchev–Trinajstić information content (AvgIpc) is 3.48. The number of rotatable bonds is 5. The molecule has 1 fully saturated rings. The highest BCUT2D eigenvalue weighted by Crippen LogP contribution is 2.30. The average molecular weight is 522 g/mol. The molecule has 38 heavy (non-hydrogen) atoms. The Balaban J connectivity index is 1.21. The molecule has 188 valence electrons. The van der Waals surface area contributed by atoms with Crippen LogP contribution < -0.4 is 0 Å². The van der Waals surface area contributed by atoms with Gasteiger partial charge in [-0.05, 0) is 37.1 Å². The van der Waals surface area contributed by atoms with Gasteiger partial charge < -0.3 is 4.90 Å². The molecule has 1 aliphatic rings. The molecule has 6 rings (SSSR count). The molecule has 8 nitrogen and oxygen atoms in total. The number of hydrogen-bond acceptors (Lipinski definition) is 6. The summed E-state index contributed by atoms with van der Waals surface area (Å²) < 4.78 is 1.86. The van der Waals surface area contributed by atoms with Crippen LogP contribution >= 0.6 is 11.6 Å². The van der Waals surface area contributed by atoms with Crippen LogP contribution in [0.15, 0.2) is 91.1 Å². The van der Waals surface area contributed by atoms with Crippen molar-refractivity contribution in [2.24, 2.45) is 0 Å². The first-order valence-electron chi connectivity index (χ1n) is 12.5. The maximum atomic E-state index is 12.8. The standard InChI is InChI=1S/C29H24ClN7O/c30-23-13-11-22(12-14-23)29(38)36-17-15-24(16-18-36)37-19-25(32-35-37)28-31-26(20-7-3-1-4-8-20)27(33-34-28)21-9-5-2-6-10-21/h1-14,19,24H,15-18H2. The molecule has 3 heterocycles. The monoisotopic (exact) mass is 521 g/mol. The first kappa shape index (κ1) is 23.9. The van der Waals surface area contributed by atoms with Gasteiger partial charge in [0.15, 0.2) is 5.69 Å². The van der Waals surface area contributed by atoms with E-state index in [4.69, 9.17) is 16.6 Å². The maximum Gasteiger partial charge on any atom is 0.253 e. The number of piperidine rings is 1. The summed E-state index contributed by atoms with van der Waals surface area (Å²) in [5.74, 6) is 0.441. The summed E-state index contributed by atoms with van der Waals surface area (Å²) in [4.78, 5) is 19.6. The van der Waals surface area contributed by atoms with Gasteiger partial charge in [-0.3, -0.25) is 4.79 Å². The number of benzene rings is 3. The van der Waals surface area contributed by atoms with Crippen LogP contribution in [-0.4, -0.2) is 54.1 Å². The molecule has 5 aromatic rings. The van der Waals surface area contributed by atoms with Crippen molar-refractivity contribution in [3.8, 4) is 34.0 Å². The number of hydrogen-bond donors (Lipinski definition) is 0. The number of likely N-dealkylation sites (tertiary alicyclic amines) is 1. The Bertz CT molecular complexity index is 1550. The molecule has 2 aromatic heterocycles. The van der Waals surface area contributed by atoms with Gasteiger partial charge in [0, 0.05) is 34.8 Å². The van der Waals surface area contributed by atoms with Gasteiger partial charge in [0.1, 0.15) is 11.4 Å². The first-order chi connectivity index (χ1) is 18.7. The SMILES string of the molecule is O=C(c1ccc(Cl)cc1)N1CCC(n2cc(-c3nnc(-c4ccccc4)c(-c4ccccc4)n3)nn2)CC1. The zero-order valence-electron chi connectivity index (χ0n) is 20.5. The van der Waals surface area contributed by atoms with E-state index in [0.717, 1.165) is 29.7 Å². The highest BCUT2D eigenvalue weighted by Gasteiger charge is 2.26. The quantitative estimate of drug-likeness (QED) is 0.299. The van der Waals surface area contributed by atoms with Gasteiger partial charge in [0.2, 0.25) is 5.82 Å². The molecular weight excluding hydrogens is 498 g/mol. The fourth-order valence-corrected chi connectivity index (χ4v) is 4.81. The Labute approximate surface area is 224 Å². The van der Waals surface area contributed by atoms with E-state index in [1.165, 1.54) is 0 Å². The van der Waals surface area contributed by atoms with Crippen molar-refractivity contribution in [3.05, 3.63) is 102 Å². The van der Waals surface area contributed by atoms with Crippen molar-refractivity contribution in [2.45, 2.75) is 18.9 Å². The second kappa shape index (κ2) is 10.5. The molecule has 0 bridgehead atoms. The van der Waals surface area contributed by atoms with E-state index in [-0.39, 0.29) is 11.9 Å².